The van der Waals surface area contributed by atoms with E-state index in [-0.39, 0.29) is 18.1 Å². The molecular weight excluding hydrogens is 217 g/mol. The molecule has 2 rings (SSSR count). The molecule has 0 bridgehead atoms. The van der Waals surface area contributed by atoms with Gasteiger partial charge in [0, 0.05) is 35.4 Å². The van der Waals surface area contributed by atoms with Crippen molar-refractivity contribution in [3.05, 3.63) is 34.6 Å². The number of rotatable bonds is 2. The number of hydrogen-bond donors (Lipinski definition) is 1. The number of carbonyl (C=O) groups is 1. The number of nitrogens with two attached hydrogens (primary N) is 1. The molecule has 1 fully saturated rings. The first-order valence-electron chi connectivity index (χ1n) is 4.75. The molecule has 0 atom stereocenters. The molecule has 2 N–H and O–H groups in total. The molecule has 0 aromatic heterocycles. The molecule has 1 aliphatic carbocycles. The summed E-state index contributed by atoms with van der Waals surface area (Å²) < 4.78 is 13.6. The summed E-state index contributed by atoms with van der Waals surface area (Å²) in [7, 11) is 0. The zero-order chi connectivity index (χ0) is 11.1. The minimum atomic E-state index is -0.570. The molecule has 1 aromatic rings. The Kier molecular flexibility index (Phi) is 2.52. The van der Waals surface area contributed by atoms with E-state index in [0.717, 1.165) is 0 Å². The summed E-state index contributed by atoms with van der Waals surface area (Å²) in [6.45, 7) is 0.249. The number of carbonyl (C=O) groups excluding carboxylic acids is 1. The summed E-state index contributed by atoms with van der Waals surface area (Å²) in [4.78, 5) is 11.0. The van der Waals surface area contributed by atoms with Crippen molar-refractivity contribution in [2.75, 3.05) is 6.54 Å². The Morgan fingerprint density at radius 1 is 1.47 bits per heavy atom. The molecule has 0 heterocycles. The highest BCUT2D eigenvalue weighted by Crippen LogP contribution is 2.44. The van der Waals surface area contributed by atoms with Crippen LogP contribution in [-0.2, 0) is 10.2 Å². The van der Waals surface area contributed by atoms with Crippen LogP contribution < -0.4 is 5.73 Å². The average molecular weight is 228 g/mol. The van der Waals surface area contributed by atoms with Crippen molar-refractivity contribution in [2.45, 2.75) is 18.3 Å². The van der Waals surface area contributed by atoms with Crippen molar-refractivity contribution >= 4 is 17.4 Å². The van der Waals surface area contributed by atoms with E-state index in [2.05, 4.69) is 0 Å². The summed E-state index contributed by atoms with van der Waals surface area (Å²) in [6.07, 6.45) is 0.592. The van der Waals surface area contributed by atoms with Crippen LogP contribution in [0.1, 0.15) is 18.4 Å². The molecule has 0 radical (unpaired) electrons. The second-order valence-electron chi connectivity index (χ2n) is 3.97. The van der Waals surface area contributed by atoms with Gasteiger partial charge >= 0.3 is 0 Å². The lowest BCUT2D eigenvalue weighted by atomic mass is 9.63. The van der Waals surface area contributed by atoms with Gasteiger partial charge in [0.15, 0.2) is 0 Å². The van der Waals surface area contributed by atoms with Crippen LogP contribution in [0.2, 0.25) is 5.02 Å². The highest BCUT2D eigenvalue weighted by molar-refractivity contribution is 6.31. The predicted octanol–water partition coefficient (Wildman–Crippen LogP) is 2.04. The molecule has 0 unspecified atom stereocenters. The third-order valence-electron chi connectivity index (χ3n) is 2.95. The maximum Gasteiger partial charge on any atom is 0.134 e. The summed E-state index contributed by atoms with van der Waals surface area (Å²) in [5.41, 5.74) is 5.45. The van der Waals surface area contributed by atoms with Crippen LogP contribution in [-0.4, -0.2) is 12.3 Å². The molecule has 1 aliphatic rings. The van der Waals surface area contributed by atoms with Crippen molar-refractivity contribution < 1.29 is 9.18 Å². The van der Waals surface area contributed by atoms with Crippen molar-refractivity contribution in [3.8, 4) is 0 Å². The zero-order valence-electron chi connectivity index (χ0n) is 8.09. The lowest BCUT2D eigenvalue weighted by molar-refractivity contribution is -0.128. The number of ketones is 1. The first-order chi connectivity index (χ1) is 7.09. The average Bonchev–Trinajstić information content (AvgIpc) is 2.14. The van der Waals surface area contributed by atoms with Gasteiger partial charge in [-0.05, 0) is 12.1 Å². The van der Waals surface area contributed by atoms with Gasteiger partial charge in [-0.2, -0.15) is 0 Å². The van der Waals surface area contributed by atoms with Gasteiger partial charge in [0.05, 0.1) is 0 Å². The zero-order valence-corrected chi connectivity index (χ0v) is 8.85. The van der Waals surface area contributed by atoms with E-state index in [0.29, 0.717) is 23.4 Å². The molecule has 2 nitrogen and oxygen atoms in total. The maximum atomic E-state index is 13.6. The van der Waals surface area contributed by atoms with Gasteiger partial charge < -0.3 is 5.73 Å². The molecule has 0 aliphatic heterocycles. The Bertz CT molecular complexity index is 391. The van der Waals surface area contributed by atoms with Crippen LogP contribution in [0, 0.1) is 5.82 Å². The van der Waals surface area contributed by atoms with Gasteiger partial charge in [-0.15, -0.1) is 0 Å². The second kappa shape index (κ2) is 3.58. The number of hydrogen-bond acceptors (Lipinski definition) is 2. The quantitative estimate of drug-likeness (QED) is 0.840. The summed E-state index contributed by atoms with van der Waals surface area (Å²) >= 11 is 5.95. The van der Waals surface area contributed by atoms with Gasteiger partial charge in [-0.1, -0.05) is 17.7 Å². The summed E-state index contributed by atoms with van der Waals surface area (Å²) in [5, 5.41) is 0.355. The van der Waals surface area contributed by atoms with Crippen LogP contribution in [0.15, 0.2) is 18.2 Å². The third-order valence-corrected chi connectivity index (χ3v) is 3.27. The van der Waals surface area contributed by atoms with E-state index in [1.807, 2.05) is 0 Å². The van der Waals surface area contributed by atoms with Crippen LogP contribution in [0.4, 0.5) is 4.39 Å². The molecule has 0 saturated heterocycles. The third kappa shape index (κ3) is 1.56. The number of Topliss-reactive ketones (excluding diaryl/α,β-unsaturated/α-hetero) is 1. The van der Waals surface area contributed by atoms with Crippen molar-refractivity contribution in [1.82, 2.24) is 0 Å². The Balaban J connectivity index is 2.48. The first-order valence-corrected chi connectivity index (χ1v) is 5.13. The molecule has 0 spiro atoms. The minimum absolute atomic E-state index is 0.111. The Labute approximate surface area is 92.2 Å². The van der Waals surface area contributed by atoms with Crippen molar-refractivity contribution in [2.24, 2.45) is 5.73 Å². The van der Waals surface area contributed by atoms with E-state index in [9.17, 15) is 9.18 Å². The minimum Gasteiger partial charge on any atom is -0.330 e. The molecular formula is C11H11ClFNO. The molecule has 1 aromatic carbocycles. The lowest BCUT2D eigenvalue weighted by Gasteiger charge is -2.40. The normalized spacial score (nSPS) is 18.7. The summed E-state index contributed by atoms with van der Waals surface area (Å²) in [5.74, 6) is -0.264. The Morgan fingerprint density at radius 2 is 2.13 bits per heavy atom. The van der Waals surface area contributed by atoms with Crippen molar-refractivity contribution in [3.63, 3.8) is 0 Å². The maximum absolute atomic E-state index is 13.6. The predicted molar refractivity (Wildman–Crippen MR) is 56.4 cm³/mol. The number of halogens is 2. The largest absolute Gasteiger partial charge is 0.330 e. The van der Waals surface area contributed by atoms with Crippen molar-refractivity contribution in [1.29, 1.82) is 0 Å². The Morgan fingerprint density at radius 3 is 2.60 bits per heavy atom. The highest BCUT2D eigenvalue weighted by Gasteiger charge is 2.46. The fourth-order valence-corrected chi connectivity index (χ4v) is 2.49. The van der Waals surface area contributed by atoms with E-state index < -0.39 is 5.41 Å². The van der Waals surface area contributed by atoms with Gasteiger partial charge in [0.2, 0.25) is 0 Å². The SMILES string of the molecule is NCC1(c2c(F)cccc2Cl)CC(=O)C1. The fraction of sp³-hybridized carbons (Fsp3) is 0.364. The van der Waals surface area contributed by atoms with E-state index in [1.165, 1.54) is 6.07 Å². The number of benzene rings is 1. The van der Waals surface area contributed by atoms with Crippen LogP contribution in [0.5, 0.6) is 0 Å². The van der Waals surface area contributed by atoms with Crippen LogP contribution in [0.3, 0.4) is 0 Å². The summed E-state index contributed by atoms with van der Waals surface area (Å²) in [6, 6.07) is 4.52. The molecule has 1 saturated carbocycles. The standard InChI is InChI=1S/C11H11ClFNO/c12-8-2-1-3-9(13)10(8)11(6-14)4-7(15)5-11/h1-3H,4-6,14H2. The van der Waals surface area contributed by atoms with Gasteiger partial charge in [0.25, 0.3) is 0 Å². The van der Waals surface area contributed by atoms with E-state index >= 15 is 0 Å². The molecule has 4 heteroatoms. The smallest absolute Gasteiger partial charge is 0.134 e. The van der Waals surface area contributed by atoms with E-state index in [4.69, 9.17) is 17.3 Å². The highest BCUT2D eigenvalue weighted by atomic mass is 35.5. The van der Waals surface area contributed by atoms with Gasteiger partial charge in [-0.3, -0.25) is 4.79 Å². The topological polar surface area (TPSA) is 43.1 Å². The molecule has 0 amide bonds. The monoisotopic (exact) mass is 227 g/mol. The fourth-order valence-electron chi connectivity index (χ4n) is 2.13. The van der Waals surface area contributed by atoms with Gasteiger partial charge in [-0.25, -0.2) is 4.39 Å². The van der Waals surface area contributed by atoms with E-state index in [1.54, 1.807) is 12.1 Å². The van der Waals surface area contributed by atoms with Crippen LogP contribution >= 0.6 is 11.6 Å². The molecule has 15 heavy (non-hydrogen) atoms. The Hall–Kier alpha value is -0.930. The molecule has 80 valence electrons. The first kappa shape index (κ1) is 10.6. The van der Waals surface area contributed by atoms with Gasteiger partial charge in [0.1, 0.15) is 11.6 Å². The van der Waals surface area contributed by atoms with Crippen LogP contribution in [0.25, 0.3) is 0 Å². The second-order valence-corrected chi connectivity index (χ2v) is 4.38. The lowest BCUT2D eigenvalue weighted by Crippen LogP contribution is -2.48.